The van der Waals surface area contributed by atoms with Crippen molar-refractivity contribution in [3.63, 3.8) is 0 Å². The van der Waals surface area contributed by atoms with Crippen LogP contribution in [-0.4, -0.2) is 26.8 Å². The van der Waals surface area contributed by atoms with Gasteiger partial charge in [-0.15, -0.1) is 0 Å². The Labute approximate surface area is 205 Å². The zero-order valence-electron chi connectivity index (χ0n) is 19.5. The van der Waals surface area contributed by atoms with Gasteiger partial charge in [-0.1, -0.05) is 12.1 Å². The van der Waals surface area contributed by atoms with E-state index >= 15 is 0 Å². The van der Waals surface area contributed by atoms with Crippen molar-refractivity contribution >= 4 is 23.0 Å². The van der Waals surface area contributed by atoms with E-state index in [4.69, 9.17) is 17.0 Å². The van der Waals surface area contributed by atoms with Crippen LogP contribution in [0, 0.1) is 13.8 Å². The maximum absolute atomic E-state index is 5.87. The molecule has 34 heavy (non-hydrogen) atoms. The third-order valence-corrected chi connectivity index (χ3v) is 6.76. The standard InChI is InChI=1S/C27H27N5OS/c1-18-15-23(19(2)31(18)17-20-7-6-13-28-16-20)26-25(24-8-4-5-14-29-24)30-27(34)32(26)21-9-11-22(33-3)12-10-21/h4-16,25-26H,17H2,1-3H3,(H,30,34)/t25-,26-/m1/s1. The number of hydrogen-bond donors (Lipinski definition) is 1. The molecule has 1 aromatic carbocycles. The van der Waals surface area contributed by atoms with E-state index in [9.17, 15) is 0 Å². The summed E-state index contributed by atoms with van der Waals surface area (Å²) in [6.07, 6.45) is 5.56. The number of aromatic nitrogens is 3. The van der Waals surface area contributed by atoms with E-state index in [-0.39, 0.29) is 12.1 Å². The number of nitrogens with one attached hydrogen (secondary N) is 1. The quantitative estimate of drug-likeness (QED) is 0.395. The first-order chi connectivity index (χ1) is 16.6. The Kier molecular flexibility index (Phi) is 6.02. The predicted molar refractivity (Wildman–Crippen MR) is 138 cm³/mol. The lowest BCUT2D eigenvalue weighted by molar-refractivity contribution is 0.415. The molecule has 0 saturated carbocycles. The van der Waals surface area contributed by atoms with Crippen LogP contribution in [0.15, 0.2) is 79.3 Å². The van der Waals surface area contributed by atoms with Gasteiger partial charge in [0.15, 0.2) is 5.11 Å². The summed E-state index contributed by atoms with van der Waals surface area (Å²) in [5, 5.41) is 4.23. The molecule has 172 valence electrons. The first kappa shape index (κ1) is 22.1. The highest BCUT2D eigenvalue weighted by molar-refractivity contribution is 7.80. The molecule has 3 aromatic heterocycles. The second-order valence-electron chi connectivity index (χ2n) is 8.47. The smallest absolute Gasteiger partial charge is 0.174 e. The third-order valence-electron chi connectivity index (χ3n) is 6.44. The number of nitrogens with zero attached hydrogens (tertiary/aromatic N) is 4. The van der Waals surface area contributed by atoms with Crippen LogP contribution in [-0.2, 0) is 6.54 Å². The molecule has 7 heteroatoms. The Morgan fingerprint density at radius 2 is 1.85 bits per heavy atom. The van der Waals surface area contributed by atoms with Crippen LogP contribution < -0.4 is 15.0 Å². The summed E-state index contributed by atoms with van der Waals surface area (Å²) in [7, 11) is 1.67. The van der Waals surface area contributed by atoms with Crippen molar-refractivity contribution in [2.75, 3.05) is 12.0 Å². The highest BCUT2D eigenvalue weighted by atomic mass is 32.1. The van der Waals surface area contributed by atoms with E-state index in [0.717, 1.165) is 23.7 Å². The lowest BCUT2D eigenvalue weighted by Crippen LogP contribution is -2.29. The highest BCUT2D eigenvalue weighted by Gasteiger charge is 2.42. The molecule has 1 N–H and O–H groups in total. The first-order valence-electron chi connectivity index (χ1n) is 11.3. The van der Waals surface area contributed by atoms with Crippen molar-refractivity contribution in [1.82, 2.24) is 19.9 Å². The summed E-state index contributed by atoms with van der Waals surface area (Å²) in [5.41, 5.74) is 6.77. The van der Waals surface area contributed by atoms with Gasteiger partial charge in [-0.2, -0.15) is 0 Å². The molecule has 4 heterocycles. The minimum atomic E-state index is -0.0804. The second-order valence-corrected chi connectivity index (χ2v) is 8.86. The van der Waals surface area contributed by atoms with E-state index < -0.39 is 0 Å². The summed E-state index contributed by atoms with van der Waals surface area (Å²) in [6.45, 7) is 5.11. The highest BCUT2D eigenvalue weighted by Crippen LogP contribution is 2.43. The summed E-state index contributed by atoms with van der Waals surface area (Å²) in [5.74, 6) is 0.814. The van der Waals surface area contributed by atoms with Gasteiger partial charge in [0.05, 0.1) is 24.9 Å². The van der Waals surface area contributed by atoms with Crippen molar-refractivity contribution < 1.29 is 4.74 Å². The van der Waals surface area contributed by atoms with Gasteiger partial charge in [-0.3, -0.25) is 9.97 Å². The van der Waals surface area contributed by atoms with Gasteiger partial charge < -0.3 is 19.5 Å². The van der Waals surface area contributed by atoms with Gasteiger partial charge >= 0.3 is 0 Å². The molecule has 1 aliphatic rings. The molecule has 5 rings (SSSR count). The lowest BCUT2D eigenvalue weighted by Gasteiger charge is -2.28. The molecule has 0 aliphatic carbocycles. The minimum absolute atomic E-state index is 0.0513. The van der Waals surface area contributed by atoms with E-state index in [2.05, 4.69) is 68.9 Å². The fourth-order valence-electron chi connectivity index (χ4n) is 4.74. The number of rotatable bonds is 6. The lowest BCUT2D eigenvalue weighted by atomic mass is 9.96. The number of hydrogen-bond acceptors (Lipinski definition) is 4. The number of anilines is 1. The van der Waals surface area contributed by atoms with E-state index in [1.54, 1.807) is 13.3 Å². The van der Waals surface area contributed by atoms with E-state index in [1.165, 1.54) is 22.5 Å². The molecular formula is C27H27N5OS. The number of methoxy groups -OCH3 is 1. The zero-order chi connectivity index (χ0) is 23.7. The number of ether oxygens (including phenoxy) is 1. The summed E-state index contributed by atoms with van der Waals surface area (Å²) >= 11 is 5.87. The molecule has 0 spiro atoms. The summed E-state index contributed by atoms with van der Waals surface area (Å²) in [4.78, 5) is 11.2. The fourth-order valence-corrected chi connectivity index (χ4v) is 5.08. The van der Waals surface area contributed by atoms with Gasteiger partial charge in [0.2, 0.25) is 0 Å². The Morgan fingerprint density at radius 1 is 1.03 bits per heavy atom. The van der Waals surface area contributed by atoms with Gasteiger partial charge in [0.1, 0.15) is 5.75 Å². The Hall–Kier alpha value is -3.71. The van der Waals surface area contributed by atoms with Gasteiger partial charge in [0, 0.05) is 42.2 Å². The van der Waals surface area contributed by atoms with Crippen LogP contribution >= 0.6 is 12.2 Å². The summed E-state index contributed by atoms with van der Waals surface area (Å²) < 4.78 is 7.71. The van der Waals surface area contributed by atoms with Crippen molar-refractivity contribution in [2.45, 2.75) is 32.5 Å². The maximum Gasteiger partial charge on any atom is 0.174 e. The topological polar surface area (TPSA) is 55.2 Å². The molecular weight excluding hydrogens is 442 g/mol. The number of thiocarbonyl (C=S) groups is 1. The molecule has 6 nitrogen and oxygen atoms in total. The number of aryl methyl sites for hydroxylation is 1. The monoisotopic (exact) mass is 469 g/mol. The second kappa shape index (κ2) is 9.27. The number of benzene rings is 1. The molecule has 1 saturated heterocycles. The Balaban J connectivity index is 1.61. The SMILES string of the molecule is COc1ccc(N2C(=S)N[C@H](c3ccccn3)[C@H]2c2cc(C)n(Cc3cccnc3)c2C)cc1. The average Bonchev–Trinajstić information content (AvgIpc) is 3.36. The molecule has 4 aromatic rings. The van der Waals surface area contributed by atoms with E-state index in [1.807, 2.05) is 42.7 Å². The molecule has 0 unspecified atom stereocenters. The first-order valence-corrected chi connectivity index (χ1v) is 11.7. The van der Waals surface area contributed by atoms with Crippen molar-refractivity contribution in [2.24, 2.45) is 0 Å². The van der Waals surface area contributed by atoms with Crippen LogP contribution in [0.3, 0.4) is 0 Å². The normalized spacial score (nSPS) is 17.6. The molecule has 0 radical (unpaired) electrons. The minimum Gasteiger partial charge on any atom is -0.497 e. The van der Waals surface area contributed by atoms with Gasteiger partial charge in [0.25, 0.3) is 0 Å². The molecule has 0 bridgehead atoms. The van der Waals surface area contributed by atoms with Crippen LogP contribution in [0.1, 0.15) is 40.3 Å². The molecule has 1 aliphatic heterocycles. The van der Waals surface area contributed by atoms with Crippen molar-refractivity contribution in [3.8, 4) is 5.75 Å². The number of pyridine rings is 2. The van der Waals surface area contributed by atoms with Crippen molar-refractivity contribution in [3.05, 3.63) is 107 Å². The third kappa shape index (κ3) is 4.03. The summed E-state index contributed by atoms with van der Waals surface area (Å²) in [6, 6.07) is 20.3. The van der Waals surface area contributed by atoms with E-state index in [0.29, 0.717) is 5.11 Å². The maximum atomic E-state index is 5.87. The van der Waals surface area contributed by atoms with Crippen LogP contribution in [0.4, 0.5) is 5.69 Å². The average molecular weight is 470 g/mol. The predicted octanol–water partition coefficient (Wildman–Crippen LogP) is 5.13. The Morgan fingerprint density at radius 3 is 2.53 bits per heavy atom. The fraction of sp³-hybridized carbons (Fsp3) is 0.222. The van der Waals surface area contributed by atoms with Gasteiger partial charge in [-0.25, -0.2) is 0 Å². The van der Waals surface area contributed by atoms with Crippen LogP contribution in [0.2, 0.25) is 0 Å². The molecule has 1 fully saturated rings. The zero-order valence-corrected chi connectivity index (χ0v) is 20.3. The Bertz CT molecular complexity index is 1290. The van der Waals surface area contributed by atoms with Crippen molar-refractivity contribution in [1.29, 1.82) is 0 Å². The van der Waals surface area contributed by atoms with Crippen LogP contribution in [0.25, 0.3) is 0 Å². The molecule has 2 atom stereocenters. The molecule has 0 amide bonds. The largest absolute Gasteiger partial charge is 0.497 e. The van der Waals surface area contributed by atoms with Gasteiger partial charge in [-0.05, 0) is 85.7 Å². The van der Waals surface area contributed by atoms with Crippen LogP contribution in [0.5, 0.6) is 5.75 Å².